The van der Waals surface area contributed by atoms with Gasteiger partial charge < -0.3 is 0 Å². The number of benzene rings is 1. The molecule has 0 saturated heterocycles. The summed E-state index contributed by atoms with van der Waals surface area (Å²) in [7, 11) is 0. The van der Waals surface area contributed by atoms with E-state index < -0.39 is 0 Å². The van der Waals surface area contributed by atoms with Gasteiger partial charge in [0.1, 0.15) is 5.69 Å². The largest absolute Gasteiger partial charge is 0.267 e. The van der Waals surface area contributed by atoms with Gasteiger partial charge >= 0.3 is 0 Å². The van der Waals surface area contributed by atoms with Crippen LogP contribution in [-0.4, -0.2) is 30.9 Å². The van der Waals surface area contributed by atoms with E-state index in [4.69, 9.17) is 17.3 Å². The van der Waals surface area contributed by atoms with Crippen LogP contribution in [0.15, 0.2) is 59.1 Å². The number of aryl methyl sites for hydroxylation is 1. The summed E-state index contributed by atoms with van der Waals surface area (Å²) in [6.07, 6.45) is 4.56. The molecule has 0 unspecified atom stereocenters. The average Bonchev–Trinajstić information content (AvgIpc) is 3.41. The molecule has 0 fully saturated rings. The summed E-state index contributed by atoms with van der Waals surface area (Å²) in [6.45, 7) is 2.73. The second kappa shape index (κ2) is 7.81. The lowest BCUT2D eigenvalue weighted by Gasteiger charge is -2.00. The van der Waals surface area contributed by atoms with Gasteiger partial charge in [-0.2, -0.15) is 20.0 Å². The predicted octanol–water partition coefficient (Wildman–Crippen LogP) is 4.36. The molecule has 8 heteroatoms. The number of aromatic nitrogens is 5. The Kier molecular flexibility index (Phi) is 5.08. The van der Waals surface area contributed by atoms with Crippen molar-refractivity contribution in [2.75, 3.05) is 0 Å². The number of thiophene rings is 1. The van der Waals surface area contributed by atoms with Crippen LogP contribution in [0.2, 0.25) is 0 Å². The van der Waals surface area contributed by atoms with E-state index in [1.165, 1.54) is 5.56 Å². The molecule has 4 rings (SSSR count). The van der Waals surface area contributed by atoms with Gasteiger partial charge in [-0.3, -0.25) is 9.78 Å². The van der Waals surface area contributed by atoms with E-state index in [0.717, 1.165) is 28.4 Å². The summed E-state index contributed by atoms with van der Waals surface area (Å²) >= 11 is 6.93. The molecule has 0 aliphatic rings. The van der Waals surface area contributed by atoms with Crippen molar-refractivity contribution < 1.29 is 0 Å². The highest BCUT2D eigenvalue weighted by molar-refractivity contribution is 7.71. The topological polar surface area (TPSA) is 63.8 Å². The number of H-pyrrole nitrogens is 1. The molecule has 1 N–H and O–H groups in total. The van der Waals surface area contributed by atoms with Crippen molar-refractivity contribution in [3.63, 3.8) is 0 Å². The van der Waals surface area contributed by atoms with Gasteiger partial charge in [0.15, 0.2) is 5.82 Å². The van der Waals surface area contributed by atoms with Crippen molar-refractivity contribution in [2.45, 2.75) is 19.9 Å². The molecular weight excluding hydrogens is 376 g/mol. The summed E-state index contributed by atoms with van der Waals surface area (Å²) in [6, 6.07) is 14.4. The van der Waals surface area contributed by atoms with E-state index in [-0.39, 0.29) is 0 Å². The first-order chi connectivity index (χ1) is 13.2. The van der Waals surface area contributed by atoms with Gasteiger partial charge in [0.05, 0.1) is 17.6 Å². The monoisotopic (exact) mass is 394 g/mol. The van der Waals surface area contributed by atoms with Crippen molar-refractivity contribution in [3.8, 4) is 10.6 Å². The third kappa shape index (κ3) is 3.81. The molecule has 1 aromatic carbocycles. The molecule has 0 radical (unpaired) electrons. The van der Waals surface area contributed by atoms with Crippen LogP contribution in [0.3, 0.4) is 0 Å². The second-order valence-electron chi connectivity index (χ2n) is 5.95. The first-order valence-corrected chi connectivity index (χ1v) is 9.89. The van der Waals surface area contributed by atoms with Gasteiger partial charge in [-0.05, 0) is 29.2 Å². The molecule has 0 amide bonds. The average molecular weight is 395 g/mol. The van der Waals surface area contributed by atoms with Crippen molar-refractivity contribution in [1.82, 2.24) is 24.7 Å². The molecule has 136 valence electrons. The Morgan fingerprint density at radius 3 is 2.81 bits per heavy atom. The standard InChI is InChI=1S/C19H18N6S2/c1-2-17-21-22-19(26)25(17)20-11-15-13-24(12-14-7-4-3-5-8-14)23-18(15)16-9-6-10-27-16/h3-11,13H,2,12H2,1H3,(H,22,26)/b20-11-. The fourth-order valence-corrected chi connectivity index (χ4v) is 3.71. The smallest absolute Gasteiger partial charge is 0.216 e. The molecule has 0 aliphatic carbocycles. The molecule has 3 heterocycles. The van der Waals surface area contributed by atoms with Crippen molar-refractivity contribution in [3.05, 3.63) is 75.8 Å². The van der Waals surface area contributed by atoms with Crippen molar-refractivity contribution >= 4 is 29.8 Å². The Bertz CT molecular complexity index is 1100. The van der Waals surface area contributed by atoms with Gasteiger partial charge in [-0.1, -0.05) is 43.3 Å². The van der Waals surface area contributed by atoms with Crippen LogP contribution in [0.1, 0.15) is 23.9 Å². The highest BCUT2D eigenvalue weighted by Gasteiger charge is 2.12. The van der Waals surface area contributed by atoms with Crippen molar-refractivity contribution in [2.24, 2.45) is 5.10 Å². The zero-order valence-electron chi connectivity index (χ0n) is 14.7. The van der Waals surface area contributed by atoms with E-state index in [1.54, 1.807) is 22.2 Å². The lowest BCUT2D eigenvalue weighted by atomic mass is 10.2. The van der Waals surface area contributed by atoms with Crippen LogP contribution < -0.4 is 0 Å². The maximum Gasteiger partial charge on any atom is 0.216 e. The van der Waals surface area contributed by atoms with Crippen molar-refractivity contribution in [1.29, 1.82) is 0 Å². The van der Waals surface area contributed by atoms with Gasteiger partial charge in [-0.25, -0.2) is 0 Å². The first-order valence-electron chi connectivity index (χ1n) is 8.60. The maximum absolute atomic E-state index is 5.27. The van der Waals surface area contributed by atoms with Crippen LogP contribution in [0, 0.1) is 4.77 Å². The number of nitrogens with zero attached hydrogens (tertiary/aromatic N) is 5. The zero-order valence-corrected chi connectivity index (χ0v) is 16.4. The summed E-state index contributed by atoms with van der Waals surface area (Å²) in [5.41, 5.74) is 3.06. The molecule has 4 aromatic rings. The van der Waals surface area contributed by atoms with Crippen LogP contribution in [0.25, 0.3) is 10.6 Å². The molecule has 0 atom stereocenters. The molecule has 0 bridgehead atoms. The van der Waals surface area contributed by atoms with Crippen LogP contribution in [-0.2, 0) is 13.0 Å². The summed E-state index contributed by atoms with van der Waals surface area (Å²) in [5, 5.41) is 18.4. The molecule has 6 nitrogen and oxygen atoms in total. The van der Waals surface area contributed by atoms with Crippen LogP contribution in [0.5, 0.6) is 0 Å². The Morgan fingerprint density at radius 1 is 1.22 bits per heavy atom. The summed E-state index contributed by atoms with van der Waals surface area (Å²) < 4.78 is 4.08. The van der Waals surface area contributed by atoms with Gasteiger partial charge in [0.25, 0.3) is 0 Å². The van der Waals surface area contributed by atoms with E-state index >= 15 is 0 Å². The van der Waals surface area contributed by atoms with E-state index in [1.807, 2.05) is 47.4 Å². The fraction of sp³-hybridized carbons (Fsp3) is 0.158. The minimum Gasteiger partial charge on any atom is -0.267 e. The van der Waals surface area contributed by atoms with E-state index in [0.29, 0.717) is 11.3 Å². The Balaban J connectivity index is 1.71. The van der Waals surface area contributed by atoms with Gasteiger partial charge in [-0.15, -0.1) is 11.3 Å². The van der Waals surface area contributed by atoms with E-state index in [2.05, 4.69) is 33.5 Å². The van der Waals surface area contributed by atoms with Crippen LogP contribution >= 0.6 is 23.6 Å². The molecule has 0 saturated carbocycles. The second-order valence-corrected chi connectivity index (χ2v) is 7.28. The van der Waals surface area contributed by atoms with Gasteiger partial charge in [0, 0.05) is 18.2 Å². The lowest BCUT2D eigenvalue weighted by Crippen LogP contribution is -1.99. The Hall–Kier alpha value is -2.84. The van der Waals surface area contributed by atoms with Crippen LogP contribution in [0.4, 0.5) is 0 Å². The fourth-order valence-electron chi connectivity index (χ4n) is 2.78. The number of hydrogen-bond acceptors (Lipinski definition) is 5. The van der Waals surface area contributed by atoms with E-state index in [9.17, 15) is 0 Å². The lowest BCUT2D eigenvalue weighted by molar-refractivity contribution is 0.689. The first kappa shape index (κ1) is 17.6. The molecule has 3 aromatic heterocycles. The summed E-state index contributed by atoms with van der Waals surface area (Å²) in [5.74, 6) is 0.797. The molecule has 0 aliphatic heterocycles. The third-order valence-electron chi connectivity index (χ3n) is 4.08. The number of hydrogen-bond donors (Lipinski definition) is 1. The number of rotatable bonds is 6. The Labute approximate surface area is 165 Å². The highest BCUT2D eigenvalue weighted by Crippen LogP contribution is 2.26. The zero-order chi connectivity index (χ0) is 18.6. The quantitative estimate of drug-likeness (QED) is 0.390. The normalized spacial score (nSPS) is 11.4. The molecule has 0 spiro atoms. The minimum atomic E-state index is 0.484. The minimum absolute atomic E-state index is 0.484. The predicted molar refractivity (Wildman–Crippen MR) is 111 cm³/mol. The highest BCUT2D eigenvalue weighted by atomic mass is 32.1. The molecule has 27 heavy (non-hydrogen) atoms. The molecular formula is C19H18N6S2. The third-order valence-corrected chi connectivity index (χ3v) is 5.22. The SMILES string of the molecule is CCc1n[nH]c(=S)n1/N=C\c1cn(Cc2ccccc2)nc1-c1cccs1. The maximum atomic E-state index is 5.27. The van der Waals surface area contributed by atoms with Gasteiger partial charge in [0.2, 0.25) is 4.77 Å². The number of aromatic amines is 1. The Morgan fingerprint density at radius 2 is 2.07 bits per heavy atom. The number of nitrogens with one attached hydrogen (secondary N) is 1. The summed E-state index contributed by atoms with van der Waals surface area (Å²) in [4.78, 5) is 1.11.